The van der Waals surface area contributed by atoms with Gasteiger partial charge in [0.1, 0.15) is 0 Å². The highest BCUT2D eigenvalue weighted by Crippen LogP contribution is 2.41. The van der Waals surface area contributed by atoms with Crippen LogP contribution in [0.15, 0.2) is 66.7 Å². The van der Waals surface area contributed by atoms with E-state index in [1.807, 2.05) is 72.5 Å². The predicted octanol–water partition coefficient (Wildman–Crippen LogP) is 6.19. The zero-order chi connectivity index (χ0) is 40.5. The Balaban J connectivity index is 1.03. The summed E-state index contributed by atoms with van der Waals surface area (Å²) < 4.78 is 43.6. The van der Waals surface area contributed by atoms with E-state index in [-0.39, 0.29) is 23.9 Å². The highest BCUT2D eigenvalue weighted by Gasteiger charge is 2.32. The zero-order valence-corrected chi connectivity index (χ0v) is 34.4. The van der Waals surface area contributed by atoms with Crippen molar-refractivity contribution in [3.8, 4) is 11.1 Å². The molecule has 57 heavy (non-hydrogen) atoms. The van der Waals surface area contributed by atoms with E-state index in [9.17, 15) is 9.59 Å². The summed E-state index contributed by atoms with van der Waals surface area (Å²) in [4.78, 5) is 27.3. The van der Waals surface area contributed by atoms with Gasteiger partial charge in [0.15, 0.2) is 0 Å². The van der Waals surface area contributed by atoms with Crippen LogP contribution in [0, 0.1) is 0 Å². The van der Waals surface area contributed by atoms with Crippen LogP contribution in [0.3, 0.4) is 0 Å². The molecule has 0 saturated heterocycles. The van der Waals surface area contributed by atoms with Crippen molar-refractivity contribution in [1.82, 2.24) is 5.32 Å². The van der Waals surface area contributed by atoms with Crippen LogP contribution in [-0.2, 0) is 42.7 Å². The molecule has 1 aliphatic rings. The molecule has 314 valence electrons. The third-order valence-electron chi connectivity index (χ3n) is 9.03. The van der Waals surface area contributed by atoms with Gasteiger partial charge in [0.2, 0.25) is 5.91 Å². The molecule has 2 amide bonds. The van der Waals surface area contributed by atoms with E-state index in [0.29, 0.717) is 123 Å². The lowest BCUT2D eigenvalue weighted by molar-refractivity contribution is -0.117. The smallest absolute Gasteiger partial charge is 0.251 e. The first-order chi connectivity index (χ1) is 27.9. The SMILES string of the molecule is CCOCCOCCOCCOCCOCCOCCOCCOCCNC(=O)c1ccc(-c2ccc3c(c2)[C@H](Nc2ccc(Cl)cc2)C[C@H](C)N3C(C)=O)cc1. The van der Waals surface area contributed by atoms with Crippen molar-refractivity contribution in [3.63, 3.8) is 0 Å². The van der Waals surface area contributed by atoms with Crippen molar-refractivity contribution in [1.29, 1.82) is 0 Å². The normalized spacial score (nSPS) is 15.1. The van der Waals surface area contributed by atoms with Gasteiger partial charge >= 0.3 is 0 Å². The molecule has 2 atom stereocenters. The molecule has 13 nitrogen and oxygen atoms in total. The molecular formula is C43H60ClN3O10. The molecule has 0 radical (unpaired) electrons. The minimum absolute atomic E-state index is 0.00166. The minimum atomic E-state index is -0.171. The Morgan fingerprint density at radius 1 is 0.649 bits per heavy atom. The first-order valence-corrected chi connectivity index (χ1v) is 20.2. The van der Waals surface area contributed by atoms with Crippen LogP contribution in [0.25, 0.3) is 11.1 Å². The Morgan fingerprint density at radius 2 is 1.12 bits per heavy atom. The lowest BCUT2D eigenvalue weighted by Crippen LogP contribution is -2.43. The molecule has 0 fully saturated rings. The van der Waals surface area contributed by atoms with Crippen molar-refractivity contribution in [2.24, 2.45) is 0 Å². The molecule has 1 heterocycles. The molecule has 2 N–H and O–H groups in total. The van der Waals surface area contributed by atoms with E-state index < -0.39 is 0 Å². The molecule has 0 spiro atoms. The Morgan fingerprint density at radius 3 is 1.61 bits per heavy atom. The number of hydrogen-bond acceptors (Lipinski definition) is 11. The molecule has 4 rings (SSSR count). The lowest BCUT2D eigenvalue weighted by Gasteiger charge is -2.39. The first kappa shape index (κ1) is 46.1. The number of ether oxygens (including phenoxy) is 8. The largest absolute Gasteiger partial charge is 0.379 e. The summed E-state index contributed by atoms with van der Waals surface area (Å²) in [6, 6.07) is 21.4. The van der Waals surface area contributed by atoms with E-state index in [4.69, 9.17) is 49.5 Å². The summed E-state index contributed by atoms with van der Waals surface area (Å²) in [6.45, 7) is 14.1. The van der Waals surface area contributed by atoms with Crippen LogP contribution in [0.5, 0.6) is 0 Å². The van der Waals surface area contributed by atoms with Gasteiger partial charge in [0, 0.05) is 48.1 Å². The fourth-order valence-corrected chi connectivity index (χ4v) is 6.37. The molecule has 0 aromatic heterocycles. The molecule has 0 bridgehead atoms. The molecule has 0 saturated carbocycles. The number of nitrogens with zero attached hydrogens (tertiary/aromatic N) is 1. The number of amides is 2. The number of benzene rings is 3. The third kappa shape index (κ3) is 17.0. The van der Waals surface area contributed by atoms with Gasteiger partial charge in [-0.15, -0.1) is 0 Å². The predicted molar refractivity (Wildman–Crippen MR) is 221 cm³/mol. The van der Waals surface area contributed by atoms with Gasteiger partial charge in [-0.05, 0) is 85.5 Å². The van der Waals surface area contributed by atoms with Gasteiger partial charge in [-0.2, -0.15) is 0 Å². The molecular weight excluding hydrogens is 754 g/mol. The lowest BCUT2D eigenvalue weighted by atomic mass is 9.88. The van der Waals surface area contributed by atoms with E-state index in [1.54, 1.807) is 6.92 Å². The summed E-state index contributed by atoms with van der Waals surface area (Å²) in [5.41, 5.74) is 5.44. The highest BCUT2D eigenvalue weighted by atomic mass is 35.5. The van der Waals surface area contributed by atoms with Gasteiger partial charge in [0.25, 0.3) is 5.91 Å². The fourth-order valence-electron chi connectivity index (χ4n) is 6.24. The van der Waals surface area contributed by atoms with Crippen molar-refractivity contribution < 1.29 is 47.5 Å². The number of fused-ring (bicyclic) bond motifs is 1. The van der Waals surface area contributed by atoms with Crippen molar-refractivity contribution >= 4 is 34.8 Å². The van der Waals surface area contributed by atoms with Gasteiger partial charge in [-0.3, -0.25) is 9.59 Å². The fraction of sp³-hybridized carbons (Fsp3) is 0.535. The average molecular weight is 814 g/mol. The number of halogens is 1. The Bertz CT molecular complexity index is 1580. The Kier molecular flexibility index (Phi) is 21.9. The molecule has 0 unspecified atom stereocenters. The Labute approximate surface area is 342 Å². The molecule has 14 heteroatoms. The number of anilines is 2. The summed E-state index contributed by atoms with van der Waals surface area (Å²) in [5, 5.41) is 7.22. The molecule has 3 aromatic carbocycles. The second-order valence-corrected chi connectivity index (χ2v) is 13.7. The monoisotopic (exact) mass is 813 g/mol. The van der Waals surface area contributed by atoms with E-state index in [0.717, 1.165) is 34.5 Å². The summed E-state index contributed by atoms with van der Waals surface area (Å²) in [7, 11) is 0. The second kappa shape index (κ2) is 27.1. The quantitative estimate of drug-likeness (QED) is 0.0778. The average Bonchev–Trinajstić information content (AvgIpc) is 3.21. The molecule has 0 aliphatic carbocycles. The van der Waals surface area contributed by atoms with Crippen molar-refractivity contribution in [2.45, 2.75) is 39.3 Å². The number of hydrogen-bond donors (Lipinski definition) is 2. The number of carbonyl (C=O) groups excluding carboxylic acids is 2. The molecule has 3 aromatic rings. The van der Waals surface area contributed by atoms with Gasteiger partial charge < -0.3 is 53.4 Å². The third-order valence-corrected chi connectivity index (χ3v) is 9.28. The minimum Gasteiger partial charge on any atom is -0.379 e. The standard InChI is InChI=1S/C43H60ClN3O10/c1-4-50-17-18-52-21-22-54-25-26-56-29-30-57-28-27-55-24-23-53-20-19-51-16-15-45-43(49)36-7-5-35(6-8-36)37-9-14-42-40(32-37)41(31-33(2)47(42)34(3)48)46-39-12-10-38(44)11-13-39/h5-14,32-33,41,46H,4,15-31H2,1-3H3,(H,45,49)/t33-,41+/m0/s1. The number of nitrogens with one attached hydrogen (secondary N) is 2. The maximum atomic E-state index is 12.8. The van der Waals surface area contributed by atoms with Crippen LogP contribution >= 0.6 is 11.6 Å². The van der Waals surface area contributed by atoms with Gasteiger partial charge in [0.05, 0.1) is 105 Å². The van der Waals surface area contributed by atoms with E-state index in [1.165, 1.54) is 0 Å². The number of carbonyl (C=O) groups is 2. The van der Waals surface area contributed by atoms with Crippen molar-refractivity contribution in [3.05, 3.63) is 82.9 Å². The van der Waals surface area contributed by atoms with Crippen LogP contribution < -0.4 is 15.5 Å². The van der Waals surface area contributed by atoms with Gasteiger partial charge in [-0.25, -0.2) is 0 Å². The van der Waals surface area contributed by atoms with Gasteiger partial charge in [-0.1, -0.05) is 29.8 Å². The summed E-state index contributed by atoms with van der Waals surface area (Å²) in [5.74, 6) is -0.158. The van der Waals surface area contributed by atoms with Crippen LogP contribution in [0.2, 0.25) is 5.02 Å². The zero-order valence-electron chi connectivity index (χ0n) is 33.6. The van der Waals surface area contributed by atoms with E-state index in [2.05, 4.69) is 23.6 Å². The van der Waals surface area contributed by atoms with E-state index >= 15 is 0 Å². The van der Waals surface area contributed by atoms with Crippen LogP contribution in [0.1, 0.15) is 49.2 Å². The molecule has 1 aliphatic heterocycles. The number of rotatable bonds is 29. The van der Waals surface area contributed by atoms with Crippen LogP contribution in [0.4, 0.5) is 11.4 Å². The summed E-state index contributed by atoms with van der Waals surface area (Å²) >= 11 is 6.11. The van der Waals surface area contributed by atoms with Crippen molar-refractivity contribution in [2.75, 3.05) is 122 Å². The maximum absolute atomic E-state index is 12.8. The van der Waals surface area contributed by atoms with Crippen LogP contribution in [-0.4, -0.2) is 130 Å². The Hall–Kier alpha value is -3.63. The maximum Gasteiger partial charge on any atom is 0.251 e. The highest BCUT2D eigenvalue weighted by molar-refractivity contribution is 6.30. The topological polar surface area (TPSA) is 135 Å². The second-order valence-electron chi connectivity index (χ2n) is 13.3. The summed E-state index contributed by atoms with van der Waals surface area (Å²) in [6.07, 6.45) is 0.754. The first-order valence-electron chi connectivity index (χ1n) is 19.8.